The molecule has 1 aromatic heterocycles. The van der Waals surface area contributed by atoms with Crippen LogP contribution in [0.4, 0.5) is 0 Å². The van der Waals surface area contributed by atoms with E-state index in [-0.39, 0.29) is 19.0 Å². The van der Waals surface area contributed by atoms with Crippen LogP contribution in [-0.2, 0) is 16.6 Å². The van der Waals surface area contributed by atoms with Crippen LogP contribution in [0, 0.1) is 20.8 Å². The van der Waals surface area contributed by atoms with Gasteiger partial charge in [-0.3, -0.25) is 9.48 Å². The maximum atomic E-state index is 13.1. The molecule has 0 aliphatic carbocycles. The van der Waals surface area contributed by atoms with E-state index in [0.29, 0.717) is 41.5 Å². The van der Waals surface area contributed by atoms with E-state index in [2.05, 4.69) is 5.10 Å². The Hall–Kier alpha value is -2.19. The molecule has 0 saturated carbocycles. The van der Waals surface area contributed by atoms with Crippen molar-refractivity contribution < 1.29 is 13.2 Å². The zero-order chi connectivity index (χ0) is 19.8. The molecule has 3 rings (SSSR count). The Morgan fingerprint density at radius 3 is 2.15 bits per heavy atom. The molecule has 1 aliphatic rings. The van der Waals surface area contributed by atoms with Crippen molar-refractivity contribution in [1.29, 1.82) is 0 Å². The summed E-state index contributed by atoms with van der Waals surface area (Å²) in [7, 11) is -3.62. The van der Waals surface area contributed by atoms with E-state index < -0.39 is 10.0 Å². The van der Waals surface area contributed by atoms with E-state index >= 15 is 0 Å². The molecule has 0 bridgehead atoms. The topological polar surface area (TPSA) is 75.5 Å². The van der Waals surface area contributed by atoms with Crippen LogP contribution in [0.3, 0.4) is 0 Å². The van der Waals surface area contributed by atoms with Crippen molar-refractivity contribution in [2.75, 3.05) is 26.2 Å². The average Bonchev–Trinajstić information content (AvgIpc) is 2.96. The van der Waals surface area contributed by atoms with Crippen LogP contribution in [0.1, 0.15) is 34.2 Å². The van der Waals surface area contributed by atoms with E-state index in [0.717, 1.165) is 5.56 Å². The summed E-state index contributed by atoms with van der Waals surface area (Å²) in [6.45, 7) is 9.38. The normalized spacial score (nSPS) is 15.9. The van der Waals surface area contributed by atoms with E-state index in [4.69, 9.17) is 0 Å². The molecular weight excluding hydrogens is 364 g/mol. The number of carbonyl (C=O) groups excluding carboxylic acids is 1. The number of carbonyl (C=O) groups is 1. The van der Waals surface area contributed by atoms with Crippen LogP contribution in [0.15, 0.2) is 29.2 Å². The van der Waals surface area contributed by atoms with Gasteiger partial charge in [-0.1, -0.05) is 17.7 Å². The van der Waals surface area contributed by atoms with E-state index in [1.54, 1.807) is 23.4 Å². The first-order chi connectivity index (χ1) is 12.8. The summed E-state index contributed by atoms with van der Waals surface area (Å²) in [5.74, 6) is -0.0572. The predicted octanol–water partition coefficient (Wildman–Crippen LogP) is 1.97. The fourth-order valence-electron chi connectivity index (χ4n) is 3.50. The molecule has 1 amide bonds. The first-order valence-electron chi connectivity index (χ1n) is 9.15. The lowest BCUT2D eigenvalue weighted by Gasteiger charge is -2.34. The molecule has 1 aromatic carbocycles. The van der Waals surface area contributed by atoms with Crippen molar-refractivity contribution in [1.82, 2.24) is 19.0 Å². The third-order valence-corrected chi connectivity index (χ3v) is 7.19. The quantitative estimate of drug-likeness (QED) is 0.800. The molecule has 2 aromatic rings. The third-order valence-electron chi connectivity index (χ3n) is 5.04. The minimum Gasteiger partial charge on any atom is -0.336 e. The molecule has 0 unspecified atom stereocenters. The highest BCUT2D eigenvalue weighted by Gasteiger charge is 2.34. The number of sulfonamides is 1. The number of rotatable bonds is 4. The highest BCUT2D eigenvalue weighted by Crippen LogP contribution is 2.24. The highest BCUT2D eigenvalue weighted by atomic mass is 32.2. The molecule has 0 spiro atoms. The number of benzene rings is 1. The van der Waals surface area contributed by atoms with Gasteiger partial charge >= 0.3 is 0 Å². The first kappa shape index (κ1) is 19.6. The summed E-state index contributed by atoms with van der Waals surface area (Å²) >= 11 is 0. The number of aryl methyl sites for hydroxylation is 3. The van der Waals surface area contributed by atoms with Gasteiger partial charge < -0.3 is 4.90 Å². The number of aromatic nitrogens is 2. The van der Waals surface area contributed by atoms with E-state index in [9.17, 15) is 13.2 Å². The lowest BCUT2D eigenvalue weighted by atomic mass is 10.1. The molecule has 0 radical (unpaired) electrons. The van der Waals surface area contributed by atoms with Gasteiger partial charge in [0, 0.05) is 38.3 Å². The molecule has 0 atom stereocenters. The Morgan fingerprint density at radius 2 is 1.63 bits per heavy atom. The van der Waals surface area contributed by atoms with Crippen molar-refractivity contribution in [2.45, 2.75) is 39.1 Å². The summed E-state index contributed by atoms with van der Waals surface area (Å²) in [5, 5.41) is 4.33. The smallest absolute Gasteiger partial charge is 0.253 e. The molecule has 8 heteroatoms. The second-order valence-electron chi connectivity index (χ2n) is 6.88. The third kappa shape index (κ3) is 3.64. The largest absolute Gasteiger partial charge is 0.336 e. The van der Waals surface area contributed by atoms with Gasteiger partial charge in [0.15, 0.2) is 0 Å². The maximum Gasteiger partial charge on any atom is 0.253 e. The number of hydrogen-bond acceptors (Lipinski definition) is 4. The SMILES string of the molecule is CCn1nc(C)c(S(=O)(=O)N2CCN(C(=O)c3ccc(C)cc3)CC2)c1C. The van der Waals surface area contributed by atoms with Gasteiger partial charge in [0.05, 0.1) is 11.4 Å². The van der Waals surface area contributed by atoms with Crippen molar-refractivity contribution in [3.05, 3.63) is 46.8 Å². The summed E-state index contributed by atoms with van der Waals surface area (Å²) in [6.07, 6.45) is 0. The molecule has 1 fully saturated rings. The fraction of sp³-hybridized carbons (Fsp3) is 0.474. The monoisotopic (exact) mass is 390 g/mol. The maximum absolute atomic E-state index is 13.1. The van der Waals surface area contributed by atoms with Crippen LogP contribution in [0.25, 0.3) is 0 Å². The molecule has 7 nitrogen and oxygen atoms in total. The van der Waals surface area contributed by atoms with Crippen molar-refractivity contribution in [2.24, 2.45) is 0 Å². The molecular formula is C19H26N4O3S. The second-order valence-corrected chi connectivity index (χ2v) is 8.75. The van der Waals surface area contributed by atoms with Crippen molar-refractivity contribution in [3.63, 3.8) is 0 Å². The number of amides is 1. The van der Waals surface area contributed by atoms with Gasteiger partial charge in [0.2, 0.25) is 10.0 Å². The Bertz CT molecular complexity index is 940. The van der Waals surface area contributed by atoms with Gasteiger partial charge in [-0.2, -0.15) is 9.40 Å². The summed E-state index contributed by atoms with van der Waals surface area (Å²) in [5.41, 5.74) is 2.91. The van der Waals surface area contributed by atoms with Gasteiger partial charge in [-0.15, -0.1) is 0 Å². The zero-order valence-electron chi connectivity index (χ0n) is 16.3. The lowest BCUT2D eigenvalue weighted by molar-refractivity contribution is 0.0698. The van der Waals surface area contributed by atoms with E-state index in [1.165, 1.54) is 4.31 Å². The molecule has 146 valence electrons. The Morgan fingerprint density at radius 1 is 1.04 bits per heavy atom. The Kier molecular flexibility index (Phi) is 5.39. The molecule has 0 N–H and O–H groups in total. The zero-order valence-corrected chi connectivity index (χ0v) is 17.1. The standard InChI is InChI=1S/C19H26N4O3S/c1-5-23-16(4)18(15(3)20-23)27(25,26)22-12-10-21(11-13-22)19(24)17-8-6-14(2)7-9-17/h6-9H,5,10-13H2,1-4H3. The van der Waals surface area contributed by atoms with Crippen LogP contribution in [0.5, 0.6) is 0 Å². The first-order valence-corrected chi connectivity index (χ1v) is 10.6. The summed E-state index contributed by atoms with van der Waals surface area (Å²) in [4.78, 5) is 14.6. The predicted molar refractivity (Wildman–Crippen MR) is 103 cm³/mol. The molecule has 2 heterocycles. The van der Waals surface area contributed by atoms with Crippen LogP contribution in [-0.4, -0.2) is 59.5 Å². The van der Waals surface area contributed by atoms with Crippen molar-refractivity contribution in [3.8, 4) is 0 Å². The lowest BCUT2D eigenvalue weighted by Crippen LogP contribution is -2.50. The summed E-state index contributed by atoms with van der Waals surface area (Å²) < 4.78 is 29.4. The second kappa shape index (κ2) is 7.44. The van der Waals surface area contributed by atoms with Gasteiger partial charge in [-0.25, -0.2) is 8.42 Å². The van der Waals surface area contributed by atoms with Gasteiger partial charge in [0.1, 0.15) is 4.90 Å². The Balaban J connectivity index is 1.74. The number of piperazine rings is 1. The average molecular weight is 391 g/mol. The Labute approximate surface area is 160 Å². The molecule has 1 saturated heterocycles. The van der Waals surface area contributed by atoms with Crippen molar-refractivity contribution >= 4 is 15.9 Å². The summed E-state index contributed by atoms with van der Waals surface area (Å²) in [6, 6.07) is 7.44. The molecule has 27 heavy (non-hydrogen) atoms. The molecule has 1 aliphatic heterocycles. The number of hydrogen-bond donors (Lipinski definition) is 0. The van der Waals surface area contributed by atoms with Crippen LogP contribution in [0.2, 0.25) is 0 Å². The fourth-order valence-corrected chi connectivity index (χ4v) is 5.30. The van der Waals surface area contributed by atoms with Crippen LogP contribution >= 0.6 is 0 Å². The van der Waals surface area contributed by atoms with E-state index in [1.807, 2.05) is 38.1 Å². The number of nitrogens with zero attached hydrogens (tertiary/aromatic N) is 4. The van der Waals surface area contributed by atoms with Crippen LogP contribution < -0.4 is 0 Å². The van der Waals surface area contributed by atoms with Gasteiger partial charge in [0.25, 0.3) is 5.91 Å². The minimum absolute atomic E-state index is 0.0572. The highest BCUT2D eigenvalue weighted by molar-refractivity contribution is 7.89. The minimum atomic E-state index is -3.62. The van der Waals surface area contributed by atoms with Gasteiger partial charge in [-0.05, 0) is 39.8 Å².